The first-order chi connectivity index (χ1) is 16.6. The van der Waals surface area contributed by atoms with Gasteiger partial charge in [-0.1, -0.05) is 49.2 Å². The van der Waals surface area contributed by atoms with Crippen molar-refractivity contribution < 1.29 is 4.79 Å². The van der Waals surface area contributed by atoms with Gasteiger partial charge >= 0.3 is 0 Å². The molecule has 4 aromatic rings. The van der Waals surface area contributed by atoms with Crippen molar-refractivity contribution in [3.05, 3.63) is 79.3 Å². The zero-order chi connectivity index (χ0) is 24.9. The van der Waals surface area contributed by atoms with E-state index in [0.29, 0.717) is 44.7 Å². The van der Waals surface area contributed by atoms with Gasteiger partial charge in [-0.15, -0.1) is 0 Å². The molecule has 1 aliphatic carbocycles. The Kier molecular flexibility index (Phi) is 5.81. The number of halogens is 2. The molecule has 0 fully saturated rings. The molecule has 8 nitrogen and oxygen atoms in total. The first kappa shape index (κ1) is 23.4. The number of pyridine rings is 2. The number of H-pyrrole nitrogens is 1. The zero-order valence-electron chi connectivity index (χ0n) is 19.3. The van der Waals surface area contributed by atoms with Gasteiger partial charge in [0.05, 0.1) is 27.7 Å². The fourth-order valence-electron chi connectivity index (χ4n) is 4.69. The van der Waals surface area contributed by atoms with Crippen molar-refractivity contribution in [1.29, 1.82) is 0 Å². The number of nitrogens with zero attached hydrogens (tertiary/aromatic N) is 3. The van der Waals surface area contributed by atoms with Gasteiger partial charge in [0.25, 0.3) is 5.56 Å². The maximum Gasteiger partial charge on any atom is 0.273 e. The molecule has 1 aromatic carbocycles. The molecule has 0 radical (unpaired) electrons. The highest BCUT2D eigenvalue weighted by molar-refractivity contribution is 6.39. The number of hydrogen-bond donors (Lipinski definition) is 3. The number of rotatable bonds is 5. The molecule has 3 heterocycles. The van der Waals surface area contributed by atoms with Crippen LogP contribution >= 0.6 is 23.2 Å². The molecule has 0 spiro atoms. The summed E-state index contributed by atoms with van der Waals surface area (Å²) >= 11 is 12.7. The molecule has 1 amide bonds. The van der Waals surface area contributed by atoms with Crippen molar-refractivity contribution >= 4 is 51.6 Å². The average molecular weight is 511 g/mol. The molecule has 5 rings (SSSR count). The third-order valence-corrected chi connectivity index (χ3v) is 7.04. The van der Waals surface area contributed by atoms with Gasteiger partial charge in [-0.3, -0.25) is 24.4 Å². The summed E-state index contributed by atoms with van der Waals surface area (Å²) in [5.74, 6) is 0.0985. The number of aromatic nitrogens is 4. The number of hydrogen-bond acceptors (Lipinski definition) is 5. The third-order valence-electron chi connectivity index (χ3n) is 6.47. The zero-order valence-corrected chi connectivity index (χ0v) is 20.8. The van der Waals surface area contributed by atoms with Crippen molar-refractivity contribution in [2.75, 3.05) is 5.32 Å². The number of nitrogens with two attached hydrogens (primary N) is 1. The van der Waals surface area contributed by atoms with Gasteiger partial charge in [-0.25, -0.2) is 4.98 Å². The summed E-state index contributed by atoms with van der Waals surface area (Å²) < 4.78 is 1.70. The average Bonchev–Trinajstić information content (AvgIpc) is 3.10. The molecule has 180 valence electrons. The molecule has 0 saturated carbocycles. The van der Waals surface area contributed by atoms with Crippen LogP contribution in [-0.2, 0) is 19.4 Å². The molecule has 10 heteroatoms. The summed E-state index contributed by atoms with van der Waals surface area (Å²) in [6.07, 6.45) is 5.49. The van der Waals surface area contributed by atoms with E-state index in [1.807, 2.05) is 6.07 Å². The number of amides is 1. The van der Waals surface area contributed by atoms with E-state index in [9.17, 15) is 9.59 Å². The molecule has 4 N–H and O–H groups in total. The van der Waals surface area contributed by atoms with Crippen molar-refractivity contribution in [3.63, 3.8) is 0 Å². The molecule has 1 aliphatic rings. The van der Waals surface area contributed by atoms with E-state index in [4.69, 9.17) is 33.9 Å². The number of anilines is 2. The summed E-state index contributed by atoms with van der Waals surface area (Å²) in [6, 6.07) is 7.00. The molecule has 0 aliphatic heterocycles. The monoisotopic (exact) mass is 510 g/mol. The van der Waals surface area contributed by atoms with Crippen LogP contribution in [0.5, 0.6) is 0 Å². The first-order valence-corrected chi connectivity index (χ1v) is 12.0. The second-order valence-electron chi connectivity index (χ2n) is 9.65. The van der Waals surface area contributed by atoms with Gasteiger partial charge in [-0.05, 0) is 53.5 Å². The predicted molar refractivity (Wildman–Crippen MR) is 138 cm³/mol. The Bertz CT molecular complexity index is 1520. The van der Waals surface area contributed by atoms with Crippen LogP contribution in [0.15, 0.2) is 41.5 Å². The minimum atomic E-state index is -0.510. The fourth-order valence-corrected chi connectivity index (χ4v) is 5.15. The smallest absolute Gasteiger partial charge is 0.273 e. The number of carbonyl (C=O) groups is 1. The van der Waals surface area contributed by atoms with Crippen LogP contribution in [0.25, 0.3) is 11.0 Å². The van der Waals surface area contributed by atoms with Crippen LogP contribution in [0, 0.1) is 5.41 Å². The van der Waals surface area contributed by atoms with E-state index < -0.39 is 5.91 Å². The minimum absolute atomic E-state index is 0.0366. The van der Waals surface area contributed by atoms with E-state index in [0.717, 1.165) is 36.0 Å². The van der Waals surface area contributed by atoms with Crippen LogP contribution in [0.2, 0.25) is 10.0 Å². The van der Waals surface area contributed by atoms with E-state index in [1.54, 1.807) is 22.9 Å². The number of nitrogens with one attached hydrogen (secondary N) is 2. The van der Waals surface area contributed by atoms with Crippen LogP contribution < -0.4 is 16.6 Å². The van der Waals surface area contributed by atoms with E-state index >= 15 is 0 Å². The summed E-state index contributed by atoms with van der Waals surface area (Å²) in [6.45, 7) is 4.71. The quantitative estimate of drug-likeness (QED) is 0.355. The maximum absolute atomic E-state index is 13.2. The van der Waals surface area contributed by atoms with Gasteiger partial charge in [0.15, 0.2) is 5.65 Å². The molecular weight excluding hydrogens is 487 g/mol. The molecular formula is C25H24Cl2N6O2. The first-order valence-electron chi connectivity index (χ1n) is 11.2. The summed E-state index contributed by atoms with van der Waals surface area (Å²) in [4.78, 5) is 33.7. The Morgan fingerprint density at radius 2 is 1.97 bits per heavy atom. The number of carbonyl (C=O) groups excluding carboxylic acids is 1. The lowest BCUT2D eigenvalue weighted by molar-refractivity contribution is 0.1000. The second kappa shape index (κ2) is 8.70. The van der Waals surface area contributed by atoms with Crippen LogP contribution in [0.3, 0.4) is 0 Å². The minimum Gasteiger partial charge on any atom is -0.366 e. The lowest BCUT2D eigenvalue weighted by atomic mass is 9.74. The maximum atomic E-state index is 13.2. The highest BCUT2D eigenvalue weighted by atomic mass is 35.5. The predicted octanol–water partition coefficient (Wildman–Crippen LogP) is 4.83. The van der Waals surface area contributed by atoms with Crippen LogP contribution in [0.1, 0.15) is 47.3 Å². The highest BCUT2D eigenvalue weighted by Gasteiger charge is 2.31. The normalized spacial score (nSPS) is 14.6. The van der Waals surface area contributed by atoms with Gasteiger partial charge < -0.3 is 11.1 Å². The Morgan fingerprint density at radius 3 is 2.69 bits per heavy atom. The van der Waals surface area contributed by atoms with E-state index in [1.165, 1.54) is 12.4 Å². The van der Waals surface area contributed by atoms with Crippen LogP contribution in [-0.4, -0.2) is 25.7 Å². The third kappa shape index (κ3) is 4.39. The molecule has 3 aromatic heterocycles. The molecule has 0 atom stereocenters. The van der Waals surface area contributed by atoms with Crippen LogP contribution in [0.4, 0.5) is 11.5 Å². The lowest BCUT2D eigenvalue weighted by Crippen LogP contribution is -2.24. The van der Waals surface area contributed by atoms with E-state index in [-0.39, 0.29) is 11.0 Å². The largest absolute Gasteiger partial charge is 0.366 e. The fraction of sp³-hybridized carbons (Fsp3) is 0.280. The van der Waals surface area contributed by atoms with Gasteiger partial charge in [0.1, 0.15) is 5.82 Å². The summed E-state index contributed by atoms with van der Waals surface area (Å²) in [5, 5.41) is 7.57. The highest BCUT2D eigenvalue weighted by Crippen LogP contribution is 2.41. The molecule has 0 unspecified atom stereocenters. The summed E-state index contributed by atoms with van der Waals surface area (Å²) in [7, 11) is 0. The van der Waals surface area contributed by atoms with Crippen molar-refractivity contribution in [3.8, 4) is 0 Å². The van der Waals surface area contributed by atoms with Crippen molar-refractivity contribution in [2.45, 2.75) is 39.7 Å². The van der Waals surface area contributed by atoms with Gasteiger partial charge in [0.2, 0.25) is 5.91 Å². The Labute approximate surface area is 211 Å². The SMILES string of the molecule is CC1(C)CCc2c(Nc3c(Cl)cncc3Cl)nc3c(c2C1)c(=O)[nH]n3Cc1cccc(C(N)=O)c1. The number of benzene rings is 1. The molecule has 35 heavy (non-hydrogen) atoms. The topological polar surface area (TPSA) is 119 Å². The number of primary amides is 1. The Hall–Kier alpha value is -3.36. The molecule has 0 bridgehead atoms. The lowest BCUT2D eigenvalue weighted by Gasteiger charge is -2.32. The standard InChI is InChI=1S/C25H24Cl2N6O2/c1-25(2)7-6-15-16(9-25)19-23(31-22(15)30-20-17(26)10-29-11-18(20)27)33(32-24(19)35)12-13-4-3-5-14(8-13)21(28)34/h3-5,8,10-11H,6-7,9,12H2,1-2H3,(H2,28,34)(H,32,35)(H,29,30,31). The number of aromatic amines is 1. The second-order valence-corrected chi connectivity index (χ2v) is 10.5. The van der Waals surface area contributed by atoms with Crippen molar-refractivity contribution in [2.24, 2.45) is 11.1 Å². The summed E-state index contributed by atoms with van der Waals surface area (Å²) in [5.41, 5.74) is 9.48. The van der Waals surface area contributed by atoms with Gasteiger partial charge in [0, 0.05) is 18.0 Å². The van der Waals surface area contributed by atoms with Gasteiger partial charge in [-0.2, -0.15) is 0 Å². The van der Waals surface area contributed by atoms with E-state index in [2.05, 4.69) is 29.2 Å². The number of fused-ring (bicyclic) bond motifs is 3. The van der Waals surface area contributed by atoms with Crippen molar-refractivity contribution in [1.82, 2.24) is 19.7 Å². The molecule has 0 saturated heterocycles. The Morgan fingerprint density at radius 1 is 1.23 bits per heavy atom. The Balaban J connectivity index is 1.69.